The van der Waals surface area contributed by atoms with Crippen LogP contribution < -0.4 is 5.32 Å². The molecule has 0 radical (unpaired) electrons. The quantitative estimate of drug-likeness (QED) is 0.778. The Kier molecular flexibility index (Phi) is 3.24. The Hall–Kier alpha value is -0.570. The summed E-state index contributed by atoms with van der Waals surface area (Å²) in [5.74, 6) is 1.76. The molecule has 3 nitrogen and oxygen atoms in total. The monoisotopic (exact) mass is 224 g/mol. The summed E-state index contributed by atoms with van der Waals surface area (Å²) in [6.07, 6.45) is 3.93. The topological polar surface area (TPSA) is 32.3 Å². The fourth-order valence-electron chi connectivity index (χ4n) is 3.57. The molecule has 0 aromatic rings. The first-order valence-electron chi connectivity index (χ1n) is 6.64. The number of nitrogens with one attached hydrogen (secondary N) is 1. The lowest BCUT2D eigenvalue weighted by Gasteiger charge is -2.32. The van der Waals surface area contributed by atoms with Crippen molar-refractivity contribution in [3.05, 3.63) is 0 Å². The second-order valence-corrected chi connectivity index (χ2v) is 5.48. The van der Waals surface area contributed by atoms with Gasteiger partial charge in [-0.05, 0) is 38.5 Å². The van der Waals surface area contributed by atoms with E-state index in [1.165, 1.54) is 19.3 Å². The normalized spacial score (nSPS) is 44.4. The van der Waals surface area contributed by atoms with Gasteiger partial charge in [0.05, 0.1) is 12.2 Å². The zero-order chi connectivity index (χ0) is 11.9. The molecule has 1 aliphatic heterocycles. The second kappa shape index (κ2) is 4.36. The minimum atomic E-state index is 0.00266. The third-order valence-electron chi connectivity index (χ3n) is 4.60. The van der Waals surface area contributed by atoms with Crippen molar-refractivity contribution in [2.45, 2.75) is 65.2 Å². The van der Waals surface area contributed by atoms with Crippen LogP contribution in [0, 0.1) is 11.8 Å². The van der Waals surface area contributed by atoms with E-state index in [1.54, 1.807) is 0 Å². The minimum absolute atomic E-state index is 0.00266. The van der Waals surface area contributed by atoms with Crippen molar-refractivity contribution in [1.29, 1.82) is 0 Å². The van der Waals surface area contributed by atoms with Gasteiger partial charge in [-0.1, -0.05) is 20.3 Å². The van der Waals surface area contributed by atoms with Crippen molar-refractivity contribution in [3.8, 4) is 0 Å². The zero-order valence-corrected chi connectivity index (χ0v) is 10.9. The fraction of sp³-hybridized carbons (Fsp3) is 0.923. The van der Waals surface area contributed by atoms with E-state index in [0.717, 1.165) is 5.92 Å². The van der Waals surface area contributed by atoms with Crippen LogP contribution in [0.5, 0.6) is 0 Å². The van der Waals surface area contributed by atoms with Crippen LogP contribution in [-0.4, -0.2) is 29.1 Å². The Morgan fingerprint density at radius 2 is 2.00 bits per heavy atom. The van der Waals surface area contributed by atoms with E-state index in [4.69, 9.17) is 0 Å². The van der Waals surface area contributed by atoms with Crippen molar-refractivity contribution >= 4 is 5.91 Å². The average Bonchev–Trinajstić information content (AvgIpc) is 2.70. The van der Waals surface area contributed by atoms with Gasteiger partial charge in [-0.15, -0.1) is 0 Å². The van der Waals surface area contributed by atoms with Crippen molar-refractivity contribution in [2.75, 3.05) is 0 Å². The first-order valence-corrected chi connectivity index (χ1v) is 6.64. The van der Waals surface area contributed by atoms with E-state index in [1.807, 2.05) is 6.92 Å². The predicted molar refractivity (Wildman–Crippen MR) is 64.9 cm³/mol. The summed E-state index contributed by atoms with van der Waals surface area (Å²) in [7, 11) is 0. The predicted octanol–water partition coefficient (Wildman–Crippen LogP) is 1.98. The highest BCUT2D eigenvalue weighted by molar-refractivity contribution is 5.84. The van der Waals surface area contributed by atoms with Crippen molar-refractivity contribution < 1.29 is 4.79 Å². The molecule has 3 heteroatoms. The van der Waals surface area contributed by atoms with Crippen LogP contribution >= 0.6 is 0 Å². The Morgan fingerprint density at radius 3 is 2.44 bits per heavy atom. The van der Waals surface area contributed by atoms with Crippen LogP contribution in [0.3, 0.4) is 0 Å². The van der Waals surface area contributed by atoms with Crippen LogP contribution in [-0.2, 0) is 4.79 Å². The van der Waals surface area contributed by atoms with Crippen molar-refractivity contribution in [3.63, 3.8) is 0 Å². The first-order chi connectivity index (χ1) is 7.56. The molecule has 0 bridgehead atoms. The van der Waals surface area contributed by atoms with Gasteiger partial charge in [0.15, 0.2) is 0 Å². The Bertz CT molecular complexity index is 279. The molecule has 0 spiro atoms. The highest BCUT2D eigenvalue weighted by atomic mass is 16.2. The maximum absolute atomic E-state index is 12.1. The molecule has 16 heavy (non-hydrogen) atoms. The van der Waals surface area contributed by atoms with Crippen LogP contribution in [0.25, 0.3) is 0 Å². The van der Waals surface area contributed by atoms with Gasteiger partial charge in [-0.2, -0.15) is 0 Å². The highest BCUT2D eigenvalue weighted by Crippen LogP contribution is 2.38. The largest absolute Gasteiger partial charge is 0.323 e. The summed E-state index contributed by atoms with van der Waals surface area (Å²) in [6.45, 7) is 8.65. The Labute approximate surface area is 98.6 Å². The average molecular weight is 224 g/mol. The van der Waals surface area contributed by atoms with E-state index in [-0.39, 0.29) is 12.2 Å². The van der Waals surface area contributed by atoms with Crippen molar-refractivity contribution in [1.82, 2.24) is 10.2 Å². The van der Waals surface area contributed by atoms with Crippen LogP contribution in [0.1, 0.15) is 47.0 Å². The molecule has 1 N–H and O–H groups in total. The van der Waals surface area contributed by atoms with Gasteiger partial charge in [-0.3, -0.25) is 10.1 Å². The smallest absolute Gasteiger partial charge is 0.240 e. The molecule has 1 saturated heterocycles. The molecule has 1 amide bonds. The fourth-order valence-corrected chi connectivity index (χ4v) is 3.57. The maximum atomic E-state index is 12.1. The Morgan fingerprint density at radius 1 is 1.31 bits per heavy atom. The standard InChI is InChI=1S/C13H24N2O/c1-5-11-6-7-12(8(11)2)15-10(4)14-9(3)13(15)16/h8-12,14H,5-7H2,1-4H3. The maximum Gasteiger partial charge on any atom is 0.240 e. The van der Waals surface area contributed by atoms with Crippen molar-refractivity contribution in [2.24, 2.45) is 11.8 Å². The Balaban J connectivity index is 2.11. The summed E-state index contributed by atoms with van der Waals surface area (Å²) in [5.41, 5.74) is 0. The zero-order valence-electron chi connectivity index (χ0n) is 10.9. The van der Waals surface area contributed by atoms with Gasteiger partial charge < -0.3 is 4.90 Å². The molecule has 5 atom stereocenters. The van der Waals surface area contributed by atoms with Gasteiger partial charge in [0.2, 0.25) is 5.91 Å². The van der Waals surface area contributed by atoms with Crippen LogP contribution in [0.15, 0.2) is 0 Å². The molecule has 1 aliphatic carbocycles. The lowest BCUT2D eigenvalue weighted by molar-refractivity contribution is -0.132. The molecule has 2 aliphatic rings. The first kappa shape index (κ1) is 11.9. The van der Waals surface area contributed by atoms with Gasteiger partial charge in [0, 0.05) is 6.04 Å². The van der Waals surface area contributed by atoms with E-state index < -0.39 is 0 Å². The van der Waals surface area contributed by atoms with Gasteiger partial charge in [0.1, 0.15) is 0 Å². The van der Waals surface area contributed by atoms with E-state index in [2.05, 4.69) is 31.0 Å². The third-order valence-corrected chi connectivity index (χ3v) is 4.60. The molecular weight excluding hydrogens is 200 g/mol. The summed E-state index contributed by atoms with van der Waals surface area (Å²) in [4.78, 5) is 14.2. The molecule has 0 aromatic carbocycles. The molecule has 5 unspecified atom stereocenters. The molecule has 92 valence electrons. The molecule has 1 saturated carbocycles. The van der Waals surface area contributed by atoms with E-state index in [9.17, 15) is 4.79 Å². The number of carbonyl (C=O) groups excluding carboxylic acids is 1. The van der Waals surface area contributed by atoms with Gasteiger partial charge in [-0.25, -0.2) is 0 Å². The van der Waals surface area contributed by atoms with E-state index in [0.29, 0.717) is 17.9 Å². The highest BCUT2D eigenvalue weighted by Gasteiger charge is 2.43. The van der Waals surface area contributed by atoms with Crippen LogP contribution in [0.2, 0.25) is 0 Å². The van der Waals surface area contributed by atoms with Gasteiger partial charge in [0.25, 0.3) is 0 Å². The van der Waals surface area contributed by atoms with E-state index >= 15 is 0 Å². The number of hydrogen-bond acceptors (Lipinski definition) is 2. The number of hydrogen-bond donors (Lipinski definition) is 1. The molecule has 2 fully saturated rings. The summed E-state index contributed by atoms with van der Waals surface area (Å²) in [6, 6.07) is 0.466. The van der Waals surface area contributed by atoms with Crippen LogP contribution in [0.4, 0.5) is 0 Å². The molecule has 1 heterocycles. The summed E-state index contributed by atoms with van der Waals surface area (Å²) in [5, 5.41) is 3.32. The number of nitrogens with zero attached hydrogens (tertiary/aromatic N) is 1. The van der Waals surface area contributed by atoms with Gasteiger partial charge >= 0.3 is 0 Å². The molecular formula is C13H24N2O. The summed E-state index contributed by atoms with van der Waals surface area (Å²) >= 11 is 0. The second-order valence-electron chi connectivity index (χ2n) is 5.48. The molecule has 2 rings (SSSR count). The number of amides is 1. The summed E-state index contributed by atoms with van der Waals surface area (Å²) < 4.78 is 0. The third kappa shape index (κ3) is 1.75. The SMILES string of the molecule is CCC1CCC(N2C(=O)C(C)NC2C)C1C. The number of rotatable bonds is 2. The number of carbonyl (C=O) groups is 1. The molecule has 0 aromatic heterocycles. The lowest BCUT2D eigenvalue weighted by Crippen LogP contribution is -2.45. The minimum Gasteiger partial charge on any atom is -0.323 e. The lowest BCUT2D eigenvalue weighted by atomic mass is 9.93.